The quantitative estimate of drug-likeness (QED) is 0.782. The smallest absolute Gasteiger partial charge is 0.337 e. The molecule has 2 amide bonds. The average molecular weight is 306 g/mol. The Hall–Kier alpha value is -2.48. The van der Waals surface area contributed by atoms with Crippen molar-refractivity contribution in [2.75, 3.05) is 11.9 Å². The zero-order valence-electron chi connectivity index (χ0n) is 11.3. The molecule has 0 radical (unpaired) electrons. The minimum atomic E-state index is -1.09. The number of nitrogens with zero attached hydrogens (tertiary/aromatic N) is 2. The van der Waals surface area contributed by atoms with Gasteiger partial charge < -0.3 is 15.7 Å². The summed E-state index contributed by atoms with van der Waals surface area (Å²) in [5.41, 5.74) is 1.29. The number of carboxylic acid groups (broad SMARTS) is 1. The van der Waals surface area contributed by atoms with Crippen LogP contribution in [0.15, 0.2) is 23.8 Å². The normalized spacial score (nSPS) is 10.1. The first-order chi connectivity index (χ1) is 10.0. The number of thiazole rings is 1. The minimum Gasteiger partial charge on any atom is -0.478 e. The number of carbonyl (C=O) groups is 2. The molecule has 0 aliphatic carbocycles. The van der Waals surface area contributed by atoms with Crippen LogP contribution in [0.3, 0.4) is 0 Å². The molecule has 0 saturated heterocycles. The van der Waals surface area contributed by atoms with Gasteiger partial charge in [0, 0.05) is 24.5 Å². The van der Waals surface area contributed by atoms with Crippen LogP contribution in [-0.2, 0) is 6.42 Å². The van der Waals surface area contributed by atoms with Crippen molar-refractivity contribution in [3.63, 3.8) is 0 Å². The third kappa shape index (κ3) is 4.53. The van der Waals surface area contributed by atoms with E-state index in [9.17, 15) is 9.59 Å². The van der Waals surface area contributed by atoms with Crippen molar-refractivity contribution in [2.24, 2.45) is 0 Å². The summed E-state index contributed by atoms with van der Waals surface area (Å²) in [6, 6.07) is 0.935. The number of nitrogens with one attached hydrogen (secondary N) is 2. The molecule has 2 aromatic rings. The van der Waals surface area contributed by atoms with Gasteiger partial charge >= 0.3 is 12.0 Å². The summed E-state index contributed by atoms with van der Waals surface area (Å²) in [6.07, 6.45) is 3.25. The number of carboxylic acids is 1. The maximum absolute atomic E-state index is 11.7. The maximum Gasteiger partial charge on any atom is 0.337 e. The second-order valence-corrected chi connectivity index (χ2v) is 5.32. The number of carbonyl (C=O) groups excluding carboxylic acids is 1. The van der Waals surface area contributed by atoms with Crippen LogP contribution in [0, 0.1) is 6.92 Å². The zero-order chi connectivity index (χ0) is 15.2. The summed E-state index contributed by atoms with van der Waals surface area (Å²) in [5.74, 6) is -1.09. The lowest BCUT2D eigenvalue weighted by molar-refractivity contribution is 0.0696. The lowest BCUT2D eigenvalue weighted by atomic mass is 10.2. The number of rotatable bonds is 5. The summed E-state index contributed by atoms with van der Waals surface area (Å²) in [6.45, 7) is 2.37. The molecule has 0 spiro atoms. The van der Waals surface area contributed by atoms with Crippen LogP contribution >= 0.6 is 11.3 Å². The van der Waals surface area contributed by atoms with Gasteiger partial charge in [-0.25, -0.2) is 14.6 Å². The molecule has 8 heteroatoms. The van der Waals surface area contributed by atoms with Crippen molar-refractivity contribution < 1.29 is 14.7 Å². The predicted octanol–water partition coefficient (Wildman–Crippen LogP) is 1.91. The maximum atomic E-state index is 11.7. The van der Waals surface area contributed by atoms with E-state index in [4.69, 9.17) is 5.11 Å². The second-order valence-electron chi connectivity index (χ2n) is 4.26. The van der Waals surface area contributed by atoms with Gasteiger partial charge in [-0.3, -0.25) is 4.98 Å². The van der Waals surface area contributed by atoms with Crippen molar-refractivity contribution >= 4 is 29.0 Å². The molecule has 0 aromatic carbocycles. The molecule has 0 aliphatic heterocycles. The van der Waals surface area contributed by atoms with E-state index in [0.29, 0.717) is 18.7 Å². The van der Waals surface area contributed by atoms with Crippen LogP contribution < -0.4 is 10.6 Å². The molecule has 0 saturated carbocycles. The van der Waals surface area contributed by atoms with Crippen molar-refractivity contribution in [1.29, 1.82) is 0 Å². The Morgan fingerprint density at radius 3 is 2.86 bits per heavy atom. The highest BCUT2D eigenvalue weighted by Gasteiger charge is 2.07. The van der Waals surface area contributed by atoms with Crippen LogP contribution in [0.1, 0.15) is 21.1 Å². The molecule has 21 heavy (non-hydrogen) atoms. The van der Waals surface area contributed by atoms with Crippen molar-refractivity contribution in [1.82, 2.24) is 15.3 Å². The molecule has 0 bridgehead atoms. The first-order valence-electron chi connectivity index (χ1n) is 6.19. The van der Waals surface area contributed by atoms with E-state index >= 15 is 0 Å². The largest absolute Gasteiger partial charge is 0.478 e. The number of hydrogen-bond acceptors (Lipinski definition) is 5. The number of amides is 2. The molecular formula is C13H14N4O3S. The standard InChI is InChI=1S/C13H14N4O3S/c1-8-16-10(7-21-8)2-3-15-13(20)17-11-4-9(12(18)19)5-14-6-11/h4-7H,2-3H2,1H3,(H,18,19)(H2,15,17,20). The number of pyridine rings is 1. The van der Waals surface area contributed by atoms with E-state index in [0.717, 1.165) is 10.7 Å². The number of aromatic carboxylic acids is 1. The first-order valence-corrected chi connectivity index (χ1v) is 7.07. The van der Waals surface area contributed by atoms with Crippen LogP contribution in [-0.4, -0.2) is 33.6 Å². The van der Waals surface area contributed by atoms with Gasteiger partial charge in [0.15, 0.2) is 0 Å². The monoisotopic (exact) mass is 306 g/mol. The summed E-state index contributed by atoms with van der Waals surface area (Å²) in [5, 5.41) is 17.0. The van der Waals surface area contributed by atoms with Crippen LogP contribution in [0.5, 0.6) is 0 Å². The fourth-order valence-corrected chi connectivity index (χ4v) is 2.27. The van der Waals surface area contributed by atoms with Gasteiger partial charge in [-0.15, -0.1) is 11.3 Å². The van der Waals surface area contributed by atoms with Crippen LogP contribution in [0.25, 0.3) is 0 Å². The van der Waals surface area contributed by atoms with E-state index in [1.54, 1.807) is 11.3 Å². The van der Waals surface area contributed by atoms with Gasteiger partial charge in [0.05, 0.1) is 28.1 Å². The number of aromatic nitrogens is 2. The highest BCUT2D eigenvalue weighted by molar-refractivity contribution is 7.09. The van der Waals surface area contributed by atoms with Gasteiger partial charge in [-0.2, -0.15) is 0 Å². The SMILES string of the molecule is Cc1nc(CCNC(=O)Nc2cncc(C(=O)O)c2)cs1. The Kier molecular flexibility index (Phi) is 4.83. The van der Waals surface area contributed by atoms with E-state index in [2.05, 4.69) is 20.6 Å². The molecule has 0 atom stereocenters. The molecule has 0 fully saturated rings. The Labute approximate surface area is 125 Å². The molecule has 2 aromatic heterocycles. The summed E-state index contributed by atoms with van der Waals surface area (Å²) >= 11 is 1.57. The van der Waals surface area contributed by atoms with Gasteiger partial charge in [0.25, 0.3) is 0 Å². The van der Waals surface area contributed by atoms with Gasteiger partial charge in [0.2, 0.25) is 0 Å². The van der Waals surface area contributed by atoms with Crippen molar-refractivity contribution in [2.45, 2.75) is 13.3 Å². The van der Waals surface area contributed by atoms with Gasteiger partial charge in [-0.05, 0) is 13.0 Å². The Bertz CT molecular complexity index is 656. The summed E-state index contributed by atoms with van der Waals surface area (Å²) in [7, 11) is 0. The highest BCUT2D eigenvalue weighted by Crippen LogP contribution is 2.09. The van der Waals surface area contributed by atoms with Gasteiger partial charge in [0.1, 0.15) is 0 Å². The van der Waals surface area contributed by atoms with E-state index < -0.39 is 12.0 Å². The molecule has 0 unspecified atom stereocenters. The zero-order valence-corrected chi connectivity index (χ0v) is 12.1. The summed E-state index contributed by atoms with van der Waals surface area (Å²) < 4.78 is 0. The average Bonchev–Trinajstić information content (AvgIpc) is 2.84. The number of aryl methyl sites for hydroxylation is 1. The molecule has 110 valence electrons. The van der Waals surface area contributed by atoms with Crippen molar-refractivity contribution in [3.8, 4) is 0 Å². The second kappa shape index (κ2) is 6.80. The minimum absolute atomic E-state index is 0.0192. The fourth-order valence-electron chi connectivity index (χ4n) is 1.63. The Morgan fingerprint density at radius 1 is 1.38 bits per heavy atom. The molecule has 0 aliphatic rings. The van der Waals surface area contributed by atoms with E-state index in [-0.39, 0.29) is 5.56 Å². The number of hydrogen-bond donors (Lipinski definition) is 3. The molecule has 3 N–H and O–H groups in total. The molecule has 7 nitrogen and oxygen atoms in total. The summed E-state index contributed by atoms with van der Waals surface area (Å²) in [4.78, 5) is 30.5. The van der Waals surface area contributed by atoms with E-state index in [1.807, 2.05) is 12.3 Å². The number of urea groups is 1. The lowest BCUT2D eigenvalue weighted by Gasteiger charge is -2.07. The van der Waals surface area contributed by atoms with Crippen molar-refractivity contribution in [3.05, 3.63) is 40.1 Å². The highest BCUT2D eigenvalue weighted by atomic mass is 32.1. The Balaban J connectivity index is 1.81. The van der Waals surface area contributed by atoms with Crippen LogP contribution in [0.2, 0.25) is 0 Å². The lowest BCUT2D eigenvalue weighted by Crippen LogP contribution is -2.30. The molecule has 2 rings (SSSR count). The topological polar surface area (TPSA) is 104 Å². The third-order valence-corrected chi connectivity index (χ3v) is 3.40. The third-order valence-electron chi connectivity index (χ3n) is 2.58. The number of anilines is 1. The molecular weight excluding hydrogens is 292 g/mol. The Morgan fingerprint density at radius 2 is 2.19 bits per heavy atom. The van der Waals surface area contributed by atoms with E-state index in [1.165, 1.54) is 18.5 Å². The fraction of sp³-hybridized carbons (Fsp3) is 0.231. The van der Waals surface area contributed by atoms with Gasteiger partial charge in [-0.1, -0.05) is 0 Å². The first kappa shape index (κ1) is 14.9. The predicted molar refractivity (Wildman–Crippen MR) is 78.8 cm³/mol. The molecule has 2 heterocycles. The van der Waals surface area contributed by atoms with Crippen LogP contribution in [0.4, 0.5) is 10.5 Å².